The van der Waals surface area contributed by atoms with Crippen LogP contribution in [-0.2, 0) is 14.3 Å². The van der Waals surface area contributed by atoms with E-state index in [9.17, 15) is 9.59 Å². The van der Waals surface area contributed by atoms with Gasteiger partial charge >= 0.3 is 5.97 Å². The number of amides is 1. The molecule has 0 bridgehead atoms. The number of ether oxygens (including phenoxy) is 1. The lowest BCUT2D eigenvalue weighted by molar-refractivity contribution is -0.152. The lowest BCUT2D eigenvalue weighted by Crippen LogP contribution is -2.43. The highest BCUT2D eigenvalue weighted by Gasteiger charge is 2.44. The van der Waals surface area contributed by atoms with Crippen LogP contribution in [0.4, 0.5) is 5.95 Å². The van der Waals surface area contributed by atoms with E-state index in [4.69, 9.17) is 4.74 Å². The van der Waals surface area contributed by atoms with E-state index < -0.39 is 23.8 Å². The summed E-state index contributed by atoms with van der Waals surface area (Å²) in [7, 11) is 0. The van der Waals surface area contributed by atoms with Gasteiger partial charge in [-0.2, -0.15) is 0 Å². The van der Waals surface area contributed by atoms with Crippen LogP contribution in [0, 0.1) is 5.92 Å². The number of imidazole rings is 1. The molecule has 2 aromatic carbocycles. The van der Waals surface area contributed by atoms with Gasteiger partial charge in [0.15, 0.2) is 5.92 Å². The highest BCUT2D eigenvalue weighted by molar-refractivity contribution is 7.98. The molecule has 1 aliphatic heterocycles. The number of anilines is 1. The van der Waals surface area contributed by atoms with Crippen LogP contribution in [0.5, 0.6) is 0 Å². The first-order valence-corrected chi connectivity index (χ1v) is 9.95. The van der Waals surface area contributed by atoms with Gasteiger partial charge in [0.25, 0.3) is 0 Å². The molecule has 0 aliphatic carbocycles. The predicted octanol–water partition coefficient (Wildman–Crippen LogP) is 3.48. The minimum absolute atomic E-state index is 0.221. The lowest BCUT2D eigenvalue weighted by atomic mass is 9.90. The smallest absolute Gasteiger partial charge is 0.321 e. The molecule has 1 amide bonds. The zero-order valence-corrected chi connectivity index (χ0v) is 15.8. The minimum Gasteiger partial charge on any atom is -0.465 e. The van der Waals surface area contributed by atoms with Gasteiger partial charge in [-0.05, 0) is 43.0 Å². The van der Waals surface area contributed by atoms with E-state index in [0.717, 1.165) is 21.5 Å². The van der Waals surface area contributed by atoms with Crippen molar-refractivity contribution in [3.8, 4) is 0 Å². The van der Waals surface area contributed by atoms with E-state index in [1.807, 2.05) is 59.4 Å². The number of thioether (sulfide) groups is 1. The number of fused-ring (bicyclic) bond motifs is 3. The number of nitrogens with one attached hydrogen (secondary N) is 1. The van der Waals surface area contributed by atoms with Gasteiger partial charge in [-0.1, -0.05) is 24.3 Å². The number of benzene rings is 2. The third kappa shape index (κ3) is 2.98. The maximum atomic E-state index is 12.8. The molecule has 27 heavy (non-hydrogen) atoms. The van der Waals surface area contributed by atoms with Crippen LogP contribution in [-0.4, -0.2) is 34.3 Å². The largest absolute Gasteiger partial charge is 0.465 e. The summed E-state index contributed by atoms with van der Waals surface area (Å²) >= 11 is 1.64. The van der Waals surface area contributed by atoms with Crippen molar-refractivity contribution < 1.29 is 14.3 Å². The number of carbonyl (C=O) groups excluding carboxylic acids is 2. The van der Waals surface area contributed by atoms with Gasteiger partial charge in [-0.3, -0.25) is 14.9 Å². The van der Waals surface area contributed by atoms with Crippen LogP contribution in [0.3, 0.4) is 0 Å². The van der Waals surface area contributed by atoms with E-state index in [2.05, 4.69) is 10.3 Å². The minimum atomic E-state index is -0.977. The monoisotopic (exact) mass is 381 g/mol. The highest BCUT2D eigenvalue weighted by Crippen LogP contribution is 2.38. The molecule has 4 rings (SSSR count). The number of nitrogens with zero attached hydrogens (tertiary/aromatic N) is 2. The maximum absolute atomic E-state index is 12.8. The predicted molar refractivity (Wildman–Crippen MR) is 105 cm³/mol. The number of esters is 1. The Bertz CT molecular complexity index is 1010. The van der Waals surface area contributed by atoms with Crippen LogP contribution >= 0.6 is 11.8 Å². The number of hydrogen-bond acceptors (Lipinski definition) is 5. The van der Waals surface area contributed by atoms with Crippen molar-refractivity contribution in [3.05, 3.63) is 54.1 Å². The van der Waals surface area contributed by atoms with E-state index in [1.165, 1.54) is 0 Å². The summed E-state index contributed by atoms with van der Waals surface area (Å²) in [5, 5.41) is 2.77. The molecule has 2 heterocycles. The molecule has 1 aromatic heterocycles. The Morgan fingerprint density at radius 1 is 1.22 bits per heavy atom. The Labute approximate surface area is 160 Å². The first-order valence-electron chi connectivity index (χ1n) is 8.72. The molecular formula is C20H19N3O3S. The molecule has 1 N–H and O–H groups in total. The standard InChI is InChI=1S/C20H19N3O3S/c1-3-26-19(25)16-17(12-8-10-13(27-2)11-9-12)23-15-7-5-4-6-14(15)21-20(23)22-18(16)24/h4-11,16-17H,3H2,1-2H3,(H,21,22,24). The van der Waals surface area contributed by atoms with Gasteiger partial charge in [0.1, 0.15) is 0 Å². The highest BCUT2D eigenvalue weighted by atomic mass is 32.2. The normalized spacial score (nSPS) is 18.8. The number of rotatable bonds is 4. The molecule has 0 saturated carbocycles. The van der Waals surface area contributed by atoms with Crippen molar-refractivity contribution in [1.82, 2.24) is 9.55 Å². The molecule has 138 valence electrons. The molecule has 3 aromatic rings. The average Bonchev–Trinajstić information content (AvgIpc) is 3.05. The summed E-state index contributed by atoms with van der Waals surface area (Å²) < 4.78 is 7.14. The van der Waals surface area contributed by atoms with Crippen molar-refractivity contribution in [2.45, 2.75) is 17.9 Å². The Hall–Kier alpha value is -2.80. The van der Waals surface area contributed by atoms with Crippen LogP contribution in [0.15, 0.2) is 53.4 Å². The fraction of sp³-hybridized carbons (Fsp3) is 0.250. The fourth-order valence-electron chi connectivity index (χ4n) is 3.51. The number of para-hydroxylation sites is 2. The molecule has 6 nitrogen and oxygen atoms in total. The second kappa shape index (κ2) is 7.08. The zero-order valence-electron chi connectivity index (χ0n) is 15.0. The average molecular weight is 381 g/mol. The quantitative estimate of drug-likeness (QED) is 0.426. The van der Waals surface area contributed by atoms with Crippen LogP contribution < -0.4 is 5.32 Å². The Morgan fingerprint density at radius 3 is 2.67 bits per heavy atom. The number of carbonyl (C=O) groups is 2. The molecule has 1 aliphatic rings. The summed E-state index contributed by atoms with van der Waals surface area (Å²) in [6.07, 6.45) is 2.01. The summed E-state index contributed by atoms with van der Waals surface area (Å²) in [5.74, 6) is -1.46. The van der Waals surface area contributed by atoms with Gasteiger partial charge in [0.05, 0.1) is 23.7 Å². The molecule has 2 atom stereocenters. The van der Waals surface area contributed by atoms with Crippen LogP contribution in [0.2, 0.25) is 0 Å². The van der Waals surface area contributed by atoms with Gasteiger partial charge < -0.3 is 9.30 Å². The van der Waals surface area contributed by atoms with Crippen LogP contribution in [0.1, 0.15) is 18.5 Å². The van der Waals surface area contributed by atoms with Crippen molar-refractivity contribution >= 4 is 40.6 Å². The van der Waals surface area contributed by atoms with Crippen molar-refractivity contribution in [3.63, 3.8) is 0 Å². The van der Waals surface area contributed by atoms with E-state index in [0.29, 0.717) is 5.95 Å². The lowest BCUT2D eigenvalue weighted by Gasteiger charge is -2.32. The Balaban J connectivity index is 1.92. The first kappa shape index (κ1) is 17.6. The SMILES string of the molecule is CCOC(=O)C1C(=O)Nc2nc3ccccc3n2C1c1ccc(SC)cc1. The molecule has 0 saturated heterocycles. The molecule has 0 spiro atoms. The van der Waals surface area contributed by atoms with Crippen molar-refractivity contribution in [2.24, 2.45) is 5.92 Å². The molecule has 7 heteroatoms. The summed E-state index contributed by atoms with van der Waals surface area (Å²) in [6, 6.07) is 15.0. The Kier molecular flexibility index (Phi) is 4.61. The van der Waals surface area contributed by atoms with Crippen molar-refractivity contribution in [2.75, 3.05) is 18.2 Å². The zero-order chi connectivity index (χ0) is 19.0. The van der Waals surface area contributed by atoms with Gasteiger partial charge in [-0.15, -0.1) is 11.8 Å². The van der Waals surface area contributed by atoms with Gasteiger partial charge in [0.2, 0.25) is 11.9 Å². The molecular weight excluding hydrogens is 362 g/mol. The summed E-state index contributed by atoms with van der Waals surface area (Å²) in [4.78, 5) is 31.1. The first-order chi connectivity index (χ1) is 13.1. The summed E-state index contributed by atoms with van der Waals surface area (Å²) in [5.41, 5.74) is 2.49. The maximum Gasteiger partial charge on any atom is 0.321 e. The van der Waals surface area contributed by atoms with E-state index in [1.54, 1.807) is 18.7 Å². The Morgan fingerprint density at radius 2 is 1.96 bits per heavy atom. The molecule has 2 unspecified atom stereocenters. The van der Waals surface area contributed by atoms with Crippen molar-refractivity contribution in [1.29, 1.82) is 0 Å². The van der Waals surface area contributed by atoms with Crippen LogP contribution in [0.25, 0.3) is 11.0 Å². The molecule has 0 radical (unpaired) electrons. The van der Waals surface area contributed by atoms with E-state index >= 15 is 0 Å². The van der Waals surface area contributed by atoms with Gasteiger partial charge in [0, 0.05) is 4.90 Å². The molecule has 0 fully saturated rings. The van der Waals surface area contributed by atoms with E-state index in [-0.39, 0.29) is 6.61 Å². The van der Waals surface area contributed by atoms with Gasteiger partial charge in [-0.25, -0.2) is 4.98 Å². The number of hydrogen-bond donors (Lipinski definition) is 1. The second-order valence-electron chi connectivity index (χ2n) is 6.23. The second-order valence-corrected chi connectivity index (χ2v) is 7.11. The third-order valence-corrected chi connectivity index (χ3v) is 5.45. The third-order valence-electron chi connectivity index (χ3n) is 4.71. The fourth-order valence-corrected chi connectivity index (χ4v) is 3.91. The summed E-state index contributed by atoms with van der Waals surface area (Å²) in [6.45, 7) is 1.96. The number of aromatic nitrogens is 2. The topological polar surface area (TPSA) is 73.2 Å².